The maximum Gasteiger partial charge on any atom is 0.165 e. The van der Waals surface area contributed by atoms with Crippen LogP contribution in [-0.4, -0.2) is 4.57 Å². The van der Waals surface area contributed by atoms with Gasteiger partial charge in [0.05, 0.1) is 5.69 Å². The van der Waals surface area contributed by atoms with Crippen molar-refractivity contribution in [2.24, 2.45) is 0 Å². The van der Waals surface area contributed by atoms with Crippen LogP contribution < -0.4 is 0 Å². The van der Waals surface area contributed by atoms with E-state index in [0.717, 1.165) is 3.95 Å². The van der Waals surface area contributed by atoms with E-state index in [-0.39, 0.29) is 27.1 Å². The summed E-state index contributed by atoms with van der Waals surface area (Å²) in [6, 6.07) is 21.3. The molecule has 3 aromatic carbocycles. The van der Waals surface area contributed by atoms with Gasteiger partial charge in [-0.05, 0) is 72.7 Å². The van der Waals surface area contributed by atoms with Crippen molar-refractivity contribution in [2.45, 2.75) is 131 Å². The van der Waals surface area contributed by atoms with Crippen molar-refractivity contribution in [3.63, 3.8) is 0 Å². The summed E-state index contributed by atoms with van der Waals surface area (Å²) in [5.74, 6) is 0. The molecule has 0 spiro atoms. The third kappa shape index (κ3) is 7.31. The molecule has 1 aromatic heterocycles. The Balaban J connectivity index is 2.19. The lowest BCUT2D eigenvalue weighted by atomic mass is 9.77. The first kappa shape index (κ1) is 34.4. The molecule has 236 valence electrons. The molecule has 0 aliphatic carbocycles. The minimum absolute atomic E-state index is 0.00962. The van der Waals surface area contributed by atoms with Gasteiger partial charge >= 0.3 is 0 Å². The van der Waals surface area contributed by atoms with Crippen molar-refractivity contribution >= 4 is 23.6 Å². The SMILES string of the molecule is CC(C)(C)c1cc(-c2cccc(-c3cc(C(C)(C)C)cc(C(C)(C)C)c3)c2-n2cc(C(C)(C)C)sc2=S)cc(C(C)(C)C)c1. The Morgan fingerprint density at radius 2 is 0.841 bits per heavy atom. The molecular weight excluding hydrogens is 571 g/mol. The fourth-order valence-corrected chi connectivity index (χ4v) is 6.72. The van der Waals surface area contributed by atoms with Crippen LogP contribution in [0.5, 0.6) is 0 Å². The van der Waals surface area contributed by atoms with Crippen molar-refractivity contribution in [1.29, 1.82) is 0 Å². The number of thiazole rings is 1. The average molecular weight is 626 g/mol. The summed E-state index contributed by atoms with van der Waals surface area (Å²) in [7, 11) is 0. The largest absolute Gasteiger partial charge is 0.297 e. The second kappa shape index (κ2) is 11.4. The van der Waals surface area contributed by atoms with E-state index in [2.05, 4.69) is 169 Å². The van der Waals surface area contributed by atoms with E-state index in [0.29, 0.717) is 0 Å². The number of nitrogens with zero attached hydrogens (tertiary/aromatic N) is 1. The predicted octanol–water partition coefficient (Wildman–Crippen LogP) is 13.1. The molecule has 0 bridgehead atoms. The standard InChI is InChI=1S/C41H55NS2/c1-37(2,3)28-19-26(20-29(23-28)38(4,5)6)32-17-16-18-33(35(32)42-25-34(41(13,14)15)44-36(42)43)27-21-30(39(7,8)9)24-31(22-27)40(10,11)12/h16-25H,1-15H3. The normalized spacial score (nSPS) is 13.4. The highest BCUT2D eigenvalue weighted by atomic mass is 32.1. The summed E-state index contributed by atoms with van der Waals surface area (Å²) >= 11 is 7.90. The Morgan fingerprint density at radius 1 is 0.500 bits per heavy atom. The summed E-state index contributed by atoms with van der Waals surface area (Å²) < 4.78 is 3.18. The monoisotopic (exact) mass is 625 g/mol. The molecular formula is C41H55NS2. The van der Waals surface area contributed by atoms with Crippen LogP contribution in [-0.2, 0) is 27.1 Å². The van der Waals surface area contributed by atoms with Crippen LogP contribution in [0, 0.1) is 3.95 Å². The van der Waals surface area contributed by atoms with Crippen molar-refractivity contribution in [1.82, 2.24) is 4.57 Å². The summed E-state index contributed by atoms with van der Waals surface area (Å²) in [5.41, 5.74) is 11.6. The van der Waals surface area contributed by atoms with Gasteiger partial charge in [-0.15, -0.1) is 11.3 Å². The zero-order valence-electron chi connectivity index (χ0n) is 30.0. The number of benzene rings is 3. The van der Waals surface area contributed by atoms with Gasteiger partial charge in [0.25, 0.3) is 0 Å². The second-order valence-corrected chi connectivity index (χ2v) is 19.5. The van der Waals surface area contributed by atoms with Gasteiger partial charge in [0.15, 0.2) is 3.95 Å². The van der Waals surface area contributed by atoms with Crippen LogP contribution in [0.25, 0.3) is 27.9 Å². The maximum atomic E-state index is 6.16. The molecule has 0 radical (unpaired) electrons. The van der Waals surface area contributed by atoms with Crippen LogP contribution >= 0.6 is 23.6 Å². The molecule has 3 heteroatoms. The van der Waals surface area contributed by atoms with Gasteiger partial charge in [0.1, 0.15) is 0 Å². The molecule has 0 N–H and O–H groups in total. The Kier molecular flexibility index (Phi) is 8.90. The van der Waals surface area contributed by atoms with Gasteiger partial charge < -0.3 is 0 Å². The van der Waals surface area contributed by atoms with E-state index >= 15 is 0 Å². The zero-order chi connectivity index (χ0) is 33.2. The molecule has 0 saturated heterocycles. The predicted molar refractivity (Wildman–Crippen MR) is 199 cm³/mol. The van der Waals surface area contributed by atoms with E-state index in [4.69, 9.17) is 12.2 Å². The van der Waals surface area contributed by atoms with Gasteiger partial charge in [-0.25, -0.2) is 0 Å². The third-order valence-electron chi connectivity index (χ3n) is 8.61. The molecule has 4 rings (SSSR count). The minimum Gasteiger partial charge on any atom is -0.297 e. The molecule has 0 aliphatic rings. The van der Waals surface area contributed by atoms with E-state index in [1.54, 1.807) is 11.3 Å². The topological polar surface area (TPSA) is 4.93 Å². The van der Waals surface area contributed by atoms with Gasteiger partial charge in [0.2, 0.25) is 0 Å². The lowest BCUT2D eigenvalue weighted by molar-refractivity contribution is 0.568. The highest BCUT2D eigenvalue weighted by molar-refractivity contribution is 7.73. The quantitative estimate of drug-likeness (QED) is 0.205. The third-order valence-corrected chi connectivity index (χ3v) is 10.4. The molecule has 1 nitrogen and oxygen atoms in total. The van der Waals surface area contributed by atoms with Crippen molar-refractivity contribution in [3.8, 4) is 27.9 Å². The Labute approximate surface area is 277 Å². The van der Waals surface area contributed by atoms with Crippen LogP contribution in [0.1, 0.15) is 131 Å². The molecule has 0 amide bonds. The highest BCUT2D eigenvalue weighted by Gasteiger charge is 2.26. The maximum absolute atomic E-state index is 6.16. The van der Waals surface area contributed by atoms with E-state index in [1.807, 2.05) is 0 Å². The average Bonchev–Trinajstić information content (AvgIpc) is 3.27. The molecule has 44 heavy (non-hydrogen) atoms. The summed E-state index contributed by atoms with van der Waals surface area (Å²) in [6.45, 7) is 34.6. The van der Waals surface area contributed by atoms with Gasteiger partial charge in [-0.3, -0.25) is 4.57 Å². The molecule has 0 atom stereocenters. The summed E-state index contributed by atoms with van der Waals surface area (Å²) in [5, 5.41) is 0. The molecule has 1 heterocycles. The zero-order valence-corrected chi connectivity index (χ0v) is 31.7. The number of hydrogen-bond donors (Lipinski definition) is 0. The molecule has 0 saturated carbocycles. The molecule has 0 unspecified atom stereocenters. The second-order valence-electron chi connectivity index (χ2n) is 17.8. The van der Waals surface area contributed by atoms with Crippen molar-refractivity contribution in [3.05, 3.63) is 91.9 Å². The number of para-hydroxylation sites is 1. The fourth-order valence-electron chi connectivity index (χ4n) is 5.41. The van der Waals surface area contributed by atoms with Crippen molar-refractivity contribution < 1.29 is 0 Å². The van der Waals surface area contributed by atoms with Gasteiger partial charge in [-0.2, -0.15) is 0 Å². The smallest absolute Gasteiger partial charge is 0.165 e. The van der Waals surface area contributed by atoms with E-state index in [1.165, 1.54) is 55.1 Å². The summed E-state index contributed by atoms with van der Waals surface area (Å²) in [4.78, 5) is 1.29. The van der Waals surface area contributed by atoms with Crippen molar-refractivity contribution in [2.75, 3.05) is 0 Å². The Morgan fingerprint density at radius 3 is 1.11 bits per heavy atom. The Hall–Kier alpha value is -2.49. The van der Waals surface area contributed by atoms with E-state index < -0.39 is 0 Å². The van der Waals surface area contributed by atoms with Gasteiger partial charge in [0, 0.05) is 22.2 Å². The number of hydrogen-bond acceptors (Lipinski definition) is 2. The number of aromatic nitrogens is 1. The molecule has 4 aromatic rings. The molecule has 0 fully saturated rings. The summed E-state index contributed by atoms with van der Waals surface area (Å²) in [6.07, 6.45) is 2.30. The lowest BCUT2D eigenvalue weighted by Crippen LogP contribution is -2.17. The highest BCUT2D eigenvalue weighted by Crippen LogP contribution is 2.43. The lowest BCUT2D eigenvalue weighted by Gasteiger charge is -2.28. The van der Waals surface area contributed by atoms with Crippen LogP contribution in [0.4, 0.5) is 0 Å². The fraction of sp³-hybridized carbons (Fsp3) is 0.488. The number of rotatable bonds is 3. The van der Waals surface area contributed by atoms with Crippen LogP contribution in [0.2, 0.25) is 0 Å². The minimum atomic E-state index is 0.00962. The first-order valence-corrected chi connectivity index (χ1v) is 17.3. The first-order chi connectivity index (χ1) is 19.9. The Bertz CT molecular complexity index is 1570. The van der Waals surface area contributed by atoms with Gasteiger partial charge in [-0.1, -0.05) is 158 Å². The van der Waals surface area contributed by atoms with E-state index in [9.17, 15) is 0 Å². The van der Waals surface area contributed by atoms with Crippen LogP contribution in [0.3, 0.4) is 0 Å². The first-order valence-electron chi connectivity index (χ1n) is 16.1. The molecule has 0 aliphatic heterocycles. The van der Waals surface area contributed by atoms with Crippen LogP contribution in [0.15, 0.2) is 60.8 Å².